The van der Waals surface area contributed by atoms with E-state index in [9.17, 15) is 14.0 Å². The minimum absolute atomic E-state index is 0.0445. The monoisotopic (exact) mass is 565 g/mol. The fourth-order valence-electron chi connectivity index (χ4n) is 5.84. The minimum Gasteiger partial charge on any atom is -0.493 e. The number of benzene rings is 3. The van der Waals surface area contributed by atoms with E-state index in [0.717, 1.165) is 31.6 Å². The number of fused-ring (bicyclic) bond motifs is 1. The van der Waals surface area contributed by atoms with Crippen molar-refractivity contribution in [1.29, 1.82) is 0 Å². The first-order valence-electron chi connectivity index (χ1n) is 13.4. The molecule has 0 bridgehead atoms. The molecule has 2 aliphatic rings. The van der Waals surface area contributed by atoms with Crippen LogP contribution in [0.2, 0.25) is 5.02 Å². The number of nitrogens with zero attached hydrogens (tertiary/aromatic N) is 2. The average Bonchev–Trinajstić information content (AvgIpc) is 3.54. The third kappa shape index (κ3) is 5.93. The predicted molar refractivity (Wildman–Crippen MR) is 152 cm³/mol. The number of carbonyl (C=O) groups is 2. The molecule has 0 radical (unpaired) electrons. The van der Waals surface area contributed by atoms with Gasteiger partial charge in [0.2, 0.25) is 0 Å². The van der Waals surface area contributed by atoms with Crippen LogP contribution < -0.4 is 14.8 Å². The second-order valence-electron chi connectivity index (χ2n) is 10.4. The number of hydrogen-bond donors (Lipinski definition) is 1. The number of ether oxygens (including phenoxy) is 2. The van der Waals surface area contributed by atoms with Gasteiger partial charge in [0.15, 0.2) is 11.5 Å². The molecule has 0 saturated carbocycles. The molecular formula is C31H33ClFN3O4. The van der Waals surface area contributed by atoms with Gasteiger partial charge in [-0.25, -0.2) is 4.39 Å². The molecule has 40 heavy (non-hydrogen) atoms. The van der Waals surface area contributed by atoms with Crippen LogP contribution in [-0.4, -0.2) is 68.6 Å². The van der Waals surface area contributed by atoms with Crippen molar-refractivity contribution >= 4 is 23.4 Å². The van der Waals surface area contributed by atoms with Crippen LogP contribution >= 0.6 is 11.6 Å². The highest BCUT2D eigenvalue weighted by Gasteiger charge is 2.42. The number of hydrogen-bond acceptors (Lipinski definition) is 5. The van der Waals surface area contributed by atoms with E-state index in [4.69, 9.17) is 21.1 Å². The molecule has 5 rings (SSSR count). The van der Waals surface area contributed by atoms with E-state index in [1.54, 1.807) is 43.4 Å². The molecule has 0 aliphatic carbocycles. The molecule has 3 aromatic rings. The Morgan fingerprint density at radius 2 is 1.65 bits per heavy atom. The number of halogens is 2. The van der Waals surface area contributed by atoms with E-state index in [-0.39, 0.29) is 28.4 Å². The molecule has 2 heterocycles. The van der Waals surface area contributed by atoms with Crippen molar-refractivity contribution in [3.8, 4) is 11.5 Å². The second kappa shape index (κ2) is 12.3. The Hall–Kier alpha value is -3.62. The molecule has 3 atom stereocenters. The first-order valence-corrected chi connectivity index (χ1v) is 13.8. The molecule has 0 aromatic heterocycles. The fraction of sp³-hybridized carbons (Fsp3) is 0.355. The summed E-state index contributed by atoms with van der Waals surface area (Å²) in [7, 11) is 3.10. The van der Waals surface area contributed by atoms with E-state index in [1.807, 2.05) is 30.3 Å². The number of nitrogens with one attached hydrogen (secondary N) is 1. The van der Waals surface area contributed by atoms with Crippen LogP contribution in [0.25, 0.3) is 0 Å². The van der Waals surface area contributed by atoms with Crippen LogP contribution in [0.1, 0.15) is 38.7 Å². The van der Waals surface area contributed by atoms with Crippen LogP contribution in [0, 0.1) is 17.7 Å². The van der Waals surface area contributed by atoms with E-state index in [0.29, 0.717) is 42.0 Å². The first-order chi connectivity index (χ1) is 19.4. The van der Waals surface area contributed by atoms with Crippen LogP contribution in [0.5, 0.6) is 11.5 Å². The Morgan fingerprint density at radius 3 is 2.30 bits per heavy atom. The van der Waals surface area contributed by atoms with Crippen molar-refractivity contribution in [2.24, 2.45) is 11.8 Å². The molecular weight excluding hydrogens is 533 g/mol. The van der Waals surface area contributed by atoms with Crippen LogP contribution in [0.4, 0.5) is 4.39 Å². The second-order valence-corrected chi connectivity index (χ2v) is 10.8. The van der Waals surface area contributed by atoms with E-state index in [1.165, 1.54) is 12.1 Å². The number of carbonyl (C=O) groups excluding carboxylic acids is 2. The standard InChI is InChI=1S/C31H33ClFN3O4/c1-39-27-12-11-21(15-28(27)40-2)30(37)34-26(20-7-4-3-5-8-20)13-14-35-16-22-18-36(19-23(22)17-35)31(38)29-24(32)9-6-10-25(29)33/h3-12,15,22-23,26H,13-14,16-19H2,1-2H3,(H,34,37)/t22-,23?,26?/m0/s1. The van der Waals surface area contributed by atoms with Gasteiger partial charge in [-0.05, 0) is 54.2 Å². The van der Waals surface area contributed by atoms with Gasteiger partial charge in [-0.15, -0.1) is 0 Å². The van der Waals surface area contributed by atoms with Gasteiger partial charge in [-0.2, -0.15) is 0 Å². The molecule has 2 saturated heterocycles. The van der Waals surface area contributed by atoms with Gasteiger partial charge in [0.05, 0.1) is 30.8 Å². The van der Waals surface area contributed by atoms with Crippen molar-refractivity contribution in [3.05, 3.63) is 94.3 Å². The van der Waals surface area contributed by atoms with Crippen molar-refractivity contribution in [1.82, 2.24) is 15.1 Å². The van der Waals surface area contributed by atoms with Gasteiger partial charge in [0.25, 0.3) is 11.8 Å². The van der Waals surface area contributed by atoms with E-state index >= 15 is 0 Å². The topological polar surface area (TPSA) is 71.1 Å². The lowest BCUT2D eigenvalue weighted by atomic mass is 10.0. The van der Waals surface area contributed by atoms with Gasteiger partial charge >= 0.3 is 0 Å². The smallest absolute Gasteiger partial charge is 0.258 e. The molecule has 2 amide bonds. The summed E-state index contributed by atoms with van der Waals surface area (Å²) in [4.78, 5) is 30.3. The lowest BCUT2D eigenvalue weighted by molar-refractivity contribution is 0.0769. The summed E-state index contributed by atoms with van der Waals surface area (Å²) < 4.78 is 25.0. The summed E-state index contributed by atoms with van der Waals surface area (Å²) >= 11 is 6.13. The summed E-state index contributed by atoms with van der Waals surface area (Å²) in [6, 6.07) is 19.2. The minimum atomic E-state index is -0.585. The molecule has 2 unspecified atom stereocenters. The van der Waals surface area contributed by atoms with Crippen molar-refractivity contribution in [2.45, 2.75) is 12.5 Å². The number of methoxy groups -OCH3 is 2. The molecule has 9 heteroatoms. The van der Waals surface area contributed by atoms with E-state index in [2.05, 4.69) is 10.2 Å². The average molecular weight is 566 g/mol. The fourth-order valence-corrected chi connectivity index (χ4v) is 6.08. The number of likely N-dealkylation sites (tertiary alicyclic amines) is 2. The third-order valence-electron chi connectivity index (χ3n) is 7.91. The molecule has 210 valence electrons. The molecule has 7 nitrogen and oxygen atoms in total. The highest BCUT2D eigenvalue weighted by molar-refractivity contribution is 6.33. The van der Waals surface area contributed by atoms with Crippen molar-refractivity contribution in [2.75, 3.05) is 46.9 Å². The Bertz CT molecular complexity index is 1340. The summed E-state index contributed by atoms with van der Waals surface area (Å²) in [5.41, 5.74) is 1.49. The van der Waals surface area contributed by atoms with Crippen molar-refractivity contribution < 1.29 is 23.5 Å². The normalized spacial score (nSPS) is 19.2. The van der Waals surface area contributed by atoms with Gasteiger partial charge in [0.1, 0.15) is 5.82 Å². The molecule has 0 spiro atoms. The maximum absolute atomic E-state index is 14.3. The first kappa shape index (κ1) is 27.9. The zero-order chi connectivity index (χ0) is 28.2. The molecule has 2 aliphatic heterocycles. The molecule has 3 aromatic carbocycles. The third-order valence-corrected chi connectivity index (χ3v) is 8.23. The quantitative estimate of drug-likeness (QED) is 0.393. The summed E-state index contributed by atoms with van der Waals surface area (Å²) in [5.74, 6) is 0.603. The maximum atomic E-state index is 14.3. The van der Waals surface area contributed by atoms with Crippen LogP contribution in [-0.2, 0) is 0 Å². The SMILES string of the molecule is COc1ccc(C(=O)NC(CCN2CC3CN(C(=O)c4c(F)cccc4Cl)C[C@@H]3C2)c2ccccc2)cc1OC. The van der Waals surface area contributed by atoms with Gasteiger partial charge in [-0.1, -0.05) is 48.0 Å². The Morgan fingerprint density at radius 1 is 0.950 bits per heavy atom. The number of rotatable bonds is 9. The van der Waals surface area contributed by atoms with Gasteiger partial charge in [-0.3, -0.25) is 9.59 Å². The van der Waals surface area contributed by atoms with Gasteiger partial charge in [0, 0.05) is 38.3 Å². The van der Waals surface area contributed by atoms with Crippen molar-refractivity contribution in [3.63, 3.8) is 0 Å². The summed E-state index contributed by atoms with van der Waals surface area (Å²) in [5, 5.41) is 3.34. The lowest BCUT2D eigenvalue weighted by Gasteiger charge is -2.25. The largest absolute Gasteiger partial charge is 0.493 e. The predicted octanol–water partition coefficient (Wildman–Crippen LogP) is 5.06. The Kier molecular flexibility index (Phi) is 8.57. The zero-order valence-corrected chi connectivity index (χ0v) is 23.4. The lowest BCUT2D eigenvalue weighted by Crippen LogP contribution is -2.35. The Balaban J connectivity index is 1.20. The highest BCUT2D eigenvalue weighted by atomic mass is 35.5. The highest BCUT2D eigenvalue weighted by Crippen LogP contribution is 2.34. The van der Waals surface area contributed by atoms with Gasteiger partial charge < -0.3 is 24.6 Å². The van der Waals surface area contributed by atoms with E-state index < -0.39 is 5.82 Å². The summed E-state index contributed by atoms with van der Waals surface area (Å²) in [6.45, 7) is 3.67. The van der Waals surface area contributed by atoms with Crippen LogP contribution in [0.3, 0.4) is 0 Å². The van der Waals surface area contributed by atoms with Crippen LogP contribution in [0.15, 0.2) is 66.7 Å². The number of amides is 2. The molecule has 2 fully saturated rings. The zero-order valence-electron chi connectivity index (χ0n) is 22.6. The molecule has 1 N–H and O–H groups in total. The maximum Gasteiger partial charge on any atom is 0.258 e. The summed E-state index contributed by atoms with van der Waals surface area (Å²) in [6.07, 6.45) is 0.732. The Labute approximate surface area is 238 Å².